The van der Waals surface area contributed by atoms with Crippen LogP contribution in [-0.2, 0) is 30.5 Å². The number of benzene rings is 2. The fourth-order valence-electron chi connectivity index (χ4n) is 5.04. The van der Waals surface area contributed by atoms with Crippen molar-refractivity contribution < 1.29 is 29.1 Å². The monoisotopic (exact) mass is 583 g/mol. The van der Waals surface area contributed by atoms with Crippen LogP contribution in [0.2, 0.25) is 0 Å². The standard InChI is InChI=1S/C18H25N3O4.C8H16O.C7H8O/c1-14(2)17-18(24)20(9-10-22)16(21(13-23)25-17)12-19(3)11-15-7-5-4-6-8-15;1-9-7-8-5-3-2-4-6-8;1-6-2-4-7(8)5-3-6/h4-8,10,13-14,16-17H,9,11-12H2,1-3H3;8H,2-7H2,1H3;2-5,8H,1H3. The third kappa shape index (κ3) is 11.9. The van der Waals surface area contributed by atoms with E-state index in [1.807, 2.05) is 75.2 Å². The summed E-state index contributed by atoms with van der Waals surface area (Å²) >= 11 is 0. The number of aryl methyl sites for hydroxylation is 1. The molecule has 1 aliphatic carbocycles. The summed E-state index contributed by atoms with van der Waals surface area (Å²) in [5, 5.41) is 9.91. The van der Waals surface area contributed by atoms with Crippen molar-refractivity contribution in [3.05, 3.63) is 65.7 Å². The molecule has 0 radical (unpaired) electrons. The molecule has 2 aromatic carbocycles. The number of carbonyl (C=O) groups is 3. The van der Waals surface area contributed by atoms with E-state index in [0.717, 1.165) is 23.2 Å². The van der Waals surface area contributed by atoms with Gasteiger partial charge in [-0.2, -0.15) is 5.06 Å². The van der Waals surface area contributed by atoms with Crippen molar-refractivity contribution in [2.45, 2.75) is 71.7 Å². The molecular formula is C33H49N3O6. The second-order valence-corrected chi connectivity index (χ2v) is 11.4. The van der Waals surface area contributed by atoms with Crippen LogP contribution in [0.3, 0.4) is 0 Å². The summed E-state index contributed by atoms with van der Waals surface area (Å²) in [6, 6.07) is 17.0. The zero-order valence-corrected chi connectivity index (χ0v) is 25.9. The lowest BCUT2D eigenvalue weighted by atomic mass is 9.90. The van der Waals surface area contributed by atoms with E-state index in [4.69, 9.17) is 14.7 Å². The third-order valence-corrected chi connectivity index (χ3v) is 7.33. The second-order valence-electron chi connectivity index (χ2n) is 11.4. The van der Waals surface area contributed by atoms with Crippen LogP contribution in [-0.4, -0.2) is 84.7 Å². The van der Waals surface area contributed by atoms with Crippen molar-refractivity contribution in [1.82, 2.24) is 14.9 Å². The molecule has 1 aliphatic heterocycles. The van der Waals surface area contributed by atoms with Gasteiger partial charge in [-0.1, -0.05) is 81.1 Å². The molecule has 4 rings (SSSR count). The van der Waals surface area contributed by atoms with Gasteiger partial charge in [-0.15, -0.1) is 0 Å². The minimum Gasteiger partial charge on any atom is -0.508 e. The van der Waals surface area contributed by atoms with Crippen LogP contribution in [0, 0.1) is 18.8 Å². The summed E-state index contributed by atoms with van der Waals surface area (Å²) in [6.45, 7) is 7.61. The van der Waals surface area contributed by atoms with E-state index in [9.17, 15) is 14.4 Å². The first-order valence-corrected chi connectivity index (χ1v) is 14.8. The van der Waals surface area contributed by atoms with Crippen LogP contribution >= 0.6 is 0 Å². The SMILES string of the molecule is CC(C)C1ON(C=O)C(CN(C)Cc2ccccc2)N(CC=O)C1=O.COCC1CCCCC1.Cc1ccc(O)cc1. The highest BCUT2D eigenvalue weighted by Crippen LogP contribution is 2.24. The molecule has 2 unspecified atom stereocenters. The number of phenolic OH excluding ortho intramolecular Hbond substituents is 1. The maximum Gasteiger partial charge on any atom is 0.256 e. The molecule has 0 spiro atoms. The van der Waals surface area contributed by atoms with Crippen molar-refractivity contribution in [3.63, 3.8) is 0 Å². The van der Waals surface area contributed by atoms with Gasteiger partial charge >= 0.3 is 0 Å². The highest BCUT2D eigenvalue weighted by molar-refractivity contribution is 5.84. The molecule has 1 heterocycles. The van der Waals surface area contributed by atoms with Crippen LogP contribution in [0.1, 0.15) is 57.1 Å². The first kappa shape index (κ1) is 34.9. The predicted molar refractivity (Wildman–Crippen MR) is 163 cm³/mol. The highest BCUT2D eigenvalue weighted by atomic mass is 16.7. The topological polar surface area (TPSA) is 99.6 Å². The van der Waals surface area contributed by atoms with Gasteiger partial charge in [-0.25, -0.2) is 0 Å². The number of hydroxylamine groups is 2. The number of hydrogen-bond donors (Lipinski definition) is 1. The molecule has 2 aliphatic rings. The van der Waals surface area contributed by atoms with Crippen molar-refractivity contribution in [2.75, 3.05) is 33.9 Å². The van der Waals surface area contributed by atoms with Crippen molar-refractivity contribution in [2.24, 2.45) is 11.8 Å². The van der Waals surface area contributed by atoms with E-state index in [0.29, 0.717) is 31.5 Å². The molecule has 2 atom stereocenters. The lowest BCUT2D eigenvalue weighted by Crippen LogP contribution is -2.64. The number of ether oxygens (including phenoxy) is 1. The number of phenols is 1. The number of hydrogen-bond acceptors (Lipinski definition) is 7. The molecule has 232 valence electrons. The molecule has 0 bridgehead atoms. The Balaban J connectivity index is 0.000000292. The number of methoxy groups -OCH3 is 1. The van der Waals surface area contributed by atoms with Crippen molar-refractivity contribution >= 4 is 18.6 Å². The molecule has 1 saturated carbocycles. The maximum atomic E-state index is 12.6. The molecule has 2 aromatic rings. The molecule has 0 aromatic heterocycles. The summed E-state index contributed by atoms with van der Waals surface area (Å²) in [7, 11) is 3.70. The first-order chi connectivity index (χ1) is 20.2. The molecule has 2 fully saturated rings. The van der Waals surface area contributed by atoms with Gasteiger partial charge in [0.1, 0.15) is 18.2 Å². The largest absolute Gasteiger partial charge is 0.508 e. The van der Waals surface area contributed by atoms with Gasteiger partial charge in [-0.3, -0.25) is 19.3 Å². The van der Waals surface area contributed by atoms with Gasteiger partial charge in [0.2, 0.25) is 6.41 Å². The Morgan fingerprint density at radius 3 is 2.21 bits per heavy atom. The molecule has 42 heavy (non-hydrogen) atoms. The quantitative estimate of drug-likeness (QED) is 0.401. The fourth-order valence-corrected chi connectivity index (χ4v) is 5.04. The summed E-state index contributed by atoms with van der Waals surface area (Å²) in [5.41, 5.74) is 2.29. The van der Waals surface area contributed by atoms with Gasteiger partial charge in [0, 0.05) is 26.8 Å². The summed E-state index contributed by atoms with van der Waals surface area (Å²) in [6.07, 6.45) is 6.93. The third-order valence-electron chi connectivity index (χ3n) is 7.33. The van der Waals surface area contributed by atoms with E-state index in [-0.39, 0.29) is 18.4 Å². The van der Waals surface area contributed by atoms with E-state index in [1.165, 1.54) is 42.6 Å². The minimum atomic E-state index is -0.763. The normalized spacial score (nSPS) is 19.1. The van der Waals surface area contributed by atoms with Crippen LogP contribution in [0.15, 0.2) is 54.6 Å². The number of nitrogens with zero attached hydrogens (tertiary/aromatic N) is 3. The lowest BCUT2D eigenvalue weighted by molar-refractivity contribution is -0.263. The van der Waals surface area contributed by atoms with Crippen molar-refractivity contribution in [1.29, 1.82) is 0 Å². The number of rotatable bonds is 10. The lowest BCUT2D eigenvalue weighted by Gasteiger charge is -2.45. The van der Waals surface area contributed by atoms with Crippen LogP contribution in [0.25, 0.3) is 0 Å². The van der Waals surface area contributed by atoms with Crippen molar-refractivity contribution in [3.8, 4) is 5.75 Å². The number of carbonyl (C=O) groups excluding carboxylic acids is 3. The Bertz CT molecular complexity index is 1020. The Hall–Kier alpha value is -3.27. The molecular weight excluding hydrogens is 534 g/mol. The number of aromatic hydroxyl groups is 1. The highest BCUT2D eigenvalue weighted by Gasteiger charge is 2.42. The minimum absolute atomic E-state index is 0.0698. The molecule has 1 saturated heterocycles. The van der Waals surface area contributed by atoms with Gasteiger partial charge in [-0.05, 0) is 56.3 Å². The van der Waals surface area contributed by atoms with Gasteiger partial charge in [0.25, 0.3) is 5.91 Å². The van der Waals surface area contributed by atoms with Gasteiger partial charge < -0.3 is 19.5 Å². The Morgan fingerprint density at radius 1 is 1.05 bits per heavy atom. The fraction of sp³-hybridized carbons (Fsp3) is 0.545. The Labute approximate surface area is 251 Å². The summed E-state index contributed by atoms with van der Waals surface area (Å²) < 4.78 is 5.08. The molecule has 1 N–H and O–H groups in total. The molecule has 9 nitrogen and oxygen atoms in total. The van der Waals surface area contributed by atoms with E-state index < -0.39 is 12.3 Å². The number of likely N-dealkylation sites (N-methyl/N-ethyl adjacent to an activating group) is 1. The van der Waals surface area contributed by atoms with E-state index in [1.54, 1.807) is 19.2 Å². The van der Waals surface area contributed by atoms with Crippen LogP contribution in [0.4, 0.5) is 0 Å². The Morgan fingerprint density at radius 2 is 1.69 bits per heavy atom. The predicted octanol–water partition coefficient (Wildman–Crippen LogP) is 4.81. The van der Waals surface area contributed by atoms with Gasteiger partial charge in [0.15, 0.2) is 6.10 Å². The van der Waals surface area contributed by atoms with E-state index in [2.05, 4.69) is 0 Å². The summed E-state index contributed by atoms with van der Waals surface area (Å²) in [4.78, 5) is 44.2. The van der Waals surface area contributed by atoms with Crippen LogP contribution in [0.5, 0.6) is 5.75 Å². The number of aldehydes is 1. The molecule has 9 heteroatoms. The average Bonchev–Trinajstić information content (AvgIpc) is 2.98. The number of amides is 2. The second kappa shape index (κ2) is 19.0. The average molecular weight is 584 g/mol. The zero-order valence-electron chi connectivity index (χ0n) is 25.9. The van der Waals surface area contributed by atoms with Gasteiger partial charge in [0.05, 0.1) is 6.54 Å². The molecule has 2 amide bonds. The smallest absolute Gasteiger partial charge is 0.256 e. The Kier molecular flexibility index (Phi) is 15.8. The maximum absolute atomic E-state index is 12.6. The van der Waals surface area contributed by atoms with E-state index >= 15 is 0 Å². The summed E-state index contributed by atoms with van der Waals surface area (Å²) in [5.74, 6) is 0.838. The van der Waals surface area contributed by atoms with Crippen LogP contribution < -0.4 is 0 Å². The first-order valence-electron chi connectivity index (χ1n) is 14.8. The zero-order chi connectivity index (χ0) is 30.9.